The average Bonchev–Trinajstić information content (AvgIpc) is 2.37. The number of carbonyl (C=O) groups excluding carboxylic acids is 1. The molecule has 1 aromatic carbocycles. The molecule has 1 aromatic rings. The second kappa shape index (κ2) is 6.63. The first-order valence-corrected chi connectivity index (χ1v) is 5.82. The van der Waals surface area contributed by atoms with Crippen LogP contribution in [0.2, 0.25) is 0 Å². The topological polar surface area (TPSA) is 84.9 Å². The summed E-state index contributed by atoms with van der Waals surface area (Å²) in [4.78, 5) is 22.6. The van der Waals surface area contributed by atoms with Crippen molar-refractivity contribution in [2.45, 2.75) is 19.8 Å². The van der Waals surface area contributed by atoms with Crippen LogP contribution in [-0.4, -0.2) is 31.2 Å². The van der Waals surface area contributed by atoms with Crippen molar-refractivity contribution >= 4 is 17.6 Å². The van der Waals surface area contributed by atoms with Gasteiger partial charge >= 0.3 is 5.97 Å². The monoisotopic (exact) mass is 267 g/mol. The van der Waals surface area contributed by atoms with Crippen molar-refractivity contribution in [3.8, 4) is 11.5 Å². The molecular formula is C13H17NO5. The highest BCUT2D eigenvalue weighted by Gasteiger charge is 2.17. The summed E-state index contributed by atoms with van der Waals surface area (Å²) in [7, 11) is 2.83. The van der Waals surface area contributed by atoms with Crippen molar-refractivity contribution in [3.05, 3.63) is 17.7 Å². The number of aromatic carboxylic acids is 1. The van der Waals surface area contributed by atoms with Crippen molar-refractivity contribution in [2.75, 3.05) is 19.5 Å². The molecule has 6 heteroatoms. The lowest BCUT2D eigenvalue weighted by molar-refractivity contribution is -0.116. The summed E-state index contributed by atoms with van der Waals surface area (Å²) >= 11 is 0. The molecule has 0 radical (unpaired) electrons. The first kappa shape index (κ1) is 14.8. The minimum atomic E-state index is -1.10. The van der Waals surface area contributed by atoms with Crippen LogP contribution in [0.5, 0.6) is 11.5 Å². The number of methoxy groups -OCH3 is 2. The van der Waals surface area contributed by atoms with E-state index < -0.39 is 5.97 Å². The molecule has 0 aliphatic rings. The van der Waals surface area contributed by atoms with E-state index in [-0.39, 0.29) is 22.9 Å². The van der Waals surface area contributed by atoms with Crippen LogP contribution >= 0.6 is 0 Å². The third-order valence-electron chi connectivity index (χ3n) is 2.48. The largest absolute Gasteiger partial charge is 0.493 e. The van der Waals surface area contributed by atoms with Gasteiger partial charge in [-0.15, -0.1) is 0 Å². The number of hydrogen-bond donors (Lipinski definition) is 2. The Morgan fingerprint density at radius 3 is 2.42 bits per heavy atom. The number of anilines is 1. The van der Waals surface area contributed by atoms with E-state index in [1.54, 1.807) is 0 Å². The van der Waals surface area contributed by atoms with Gasteiger partial charge in [-0.2, -0.15) is 0 Å². The Morgan fingerprint density at radius 2 is 1.95 bits per heavy atom. The molecule has 0 aliphatic carbocycles. The summed E-state index contributed by atoms with van der Waals surface area (Å²) in [6.07, 6.45) is 1.05. The summed E-state index contributed by atoms with van der Waals surface area (Å²) in [5.41, 5.74) is 0.308. The second-order valence-corrected chi connectivity index (χ2v) is 3.86. The van der Waals surface area contributed by atoms with E-state index in [1.807, 2.05) is 6.92 Å². The molecule has 0 fully saturated rings. The van der Waals surface area contributed by atoms with Crippen LogP contribution in [0.15, 0.2) is 12.1 Å². The zero-order valence-electron chi connectivity index (χ0n) is 11.1. The van der Waals surface area contributed by atoms with Gasteiger partial charge in [0.05, 0.1) is 25.5 Å². The molecule has 0 spiro atoms. The van der Waals surface area contributed by atoms with Gasteiger partial charge in [0.2, 0.25) is 5.91 Å². The van der Waals surface area contributed by atoms with Crippen molar-refractivity contribution in [1.29, 1.82) is 0 Å². The van der Waals surface area contributed by atoms with Crippen LogP contribution in [0.4, 0.5) is 5.69 Å². The molecule has 2 N–H and O–H groups in total. The molecule has 0 unspecified atom stereocenters. The molecule has 1 rings (SSSR count). The van der Waals surface area contributed by atoms with E-state index in [0.717, 1.165) is 0 Å². The highest BCUT2D eigenvalue weighted by molar-refractivity contribution is 5.96. The van der Waals surface area contributed by atoms with Gasteiger partial charge in [-0.05, 0) is 18.6 Å². The van der Waals surface area contributed by atoms with Crippen LogP contribution in [0.3, 0.4) is 0 Å². The second-order valence-electron chi connectivity index (χ2n) is 3.86. The Bertz CT molecular complexity index is 484. The van der Waals surface area contributed by atoms with Crippen LogP contribution in [0.1, 0.15) is 30.1 Å². The summed E-state index contributed by atoms with van der Waals surface area (Å²) in [6.45, 7) is 1.88. The van der Waals surface area contributed by atoms with Gasteiger partial charge in [0.15, 0.2) is 11.5 Å². The first-order chi connectivity index (χ1) is 9.03. The zero-order chi connectivity index (χ0) is 14.4. The summed E-state index contributed by atoms with van der Waals surface area (Å²) in [5, 5.41) is 11.6. The predicted octanol–water partition coefficient (Wildman–Crippen LogP) is 2.14. The molecule has 0 saturated carbocycles. The number of carboxylic acid groups (broad SMARTS) is 1. The molecule has 0 heterocycles. The average molecular weight is 267 g/mol. The van der Waals surface area contributed by atoms with E-state index in [1.165, 1.54) is 26.4 Å². The number of amides is 1. The lowest BCUT2D eigenvalue weighted by atomic mass is 10.1. The maximum Gasteiger partial charge on any atom is 0.335 e. The van der Waals surface area contributed by atoms with Crippen LogP contribution in [0.25, 0.3) is 0 Å². The highest BCUT2D eigenvalue weighted by atomic mass is 16.5. The van der Waals surface area contributed by atoms with Crippen molar-refractivity contribution < 1.29 is 24.2 Å². The molecule has 0 aromatic heterocycles. The van der Waals surface area contributed by atoms with Crippen LogP contribution < -0.4 is 14.8 Å². The Balaban J connectivity index is 3.21. The SMILES string of the molecule is CCCC(=O)Nc1cc(C(=O)O)cc(OC)c1OC. The minimum Gasteiger partial charge on any atom is -0.493 e. The Hall–Kier alpha value is -2.24. The predicted molar refractivity (Wildman–Crippen MR) is 70.0 cm³/mol. The molecule has 0 saturated heterocycles. The summed E-state index contributed by atoms with van der Waals surface area (Å²) in [5.74, 6) is -0.747. The standard InChI is InChI=1S/C13H17NO5/c1-4-5-11(15)14-9-6-8(13(16)17)7-10(18-2)12(9)19-3/h6-7H,4-5H2,1-3H3,(H,14,15)(H,16,17). The van der Waals surface area contributed by atoms with Crippen LogP contribution in [0, 0.1) is 0 Å². The molecule has 1 amide bonds. The summed E-state index contributed by atoms with van der Waals surface area (Å²) in [6, 6.07) is 2.69. The third kappa shape index (κ3) is 3.61. The molecule has 0 aliphatic heterocycles. The highest BCUT2D eigenvalue weighted by Crippen LogP contribution is 2.36. The normalized spacial score (nSPS) is 9.84. The quantitative estimate of drug-likeness (QED) is 0.824. The molecule has 104 valence electrons. The first-order valence-electron chi connectivity index (χ1n) is 5.82. The molecular weight excluding hydrogens is 250 g/mol. The molecule has 0 atom stereocenters. The van der Waals surface area contributed by atoms with Gasteiger partial charge < -0.3 is 19.9 Å². The van der Waals surface area contributed by atoms with Gasteiger partial charge in [0.1, 0.15) is 0 Å². The zero-order valence-corrected chi connectivity index (χ0v) is 11.1. The maximum atomic E-state index is 11.6. The fraction of sp³-hybridized carbons (Fsp3) is 0.385. The van der Waals surface area contributed by atoms with Gasteiger partial charge in [-0.1, -0.05) is 6.92 Å². The van der Waals surface area contributed by atoms with E-state index in [2.05, 4.69) is 5.32 Å². The molecule has 0 bridgehead atoms. The Morgan fingerprint density at radius 1 is 1.26 bits per heavy atom. The van der Waals surface area contributed by atoms with Crippen molar-refractivity contribution in [1.82, 2.24) is 0 Å². The van der Waals surface area contributed by atoms with Crippen molar-refractivity contribution in [3.63, 3.8) is 0 Å². The van der Waals surface area contributed by atoms with Gasteiger partial charge in [0.25, 0.3) is 0 Å². The number of ether oxygens (including phenoxy) is 2. The number of benzene rings is 1. The third-order valence-corrected chi connectivity index (χ3v) is 2.48. The maximum absolute atomic E-state index is 11.6. The van der Waals surface area contributed by atoms with Gasteiger partial charge in [-0.25, -0.2) is 4.79 Å². The van der Waals surface area contributed by atoms with E-state index >= 15 is 0 Å². The minimum absolute atomic E-state index is 0.0180. The van der Waals surface area contributed by atoms with Crippen LogP contribution in [-0.2, 0) is 4.79 Å². The summed E-state index contributed by atoms with van der Waals surface area (Å²) < 4.78 is 10.2. The van der Waals surface area contributed by atoms with E-state index in [9.17, 15) is 9.59 Å². The molecule has 6 nitrogen and oxygen atoms in total. The fourth-order valence-corrected chi connectivity index (χ4v) is 1.62. The number of carbonyl (C=O) groups is 2. The Kier molecular flexibility index (Phi) is 5.17. The molecule has 19 heavy (non-hydrogen) atoms. The van der Waals surface area contributed by atoms with Crippen molar-refractivity contribution in [2.24, 2.45) is 0 Å². The smallest absolute Gasteiger partial charge is 0.335 e. The van der Waals surface area contributed by atoms with Gasteiger partial charge in [0, 0.05) is 6.42 Å². The van der Waals surface area contributed by atoms with E-state index in [0.29, 0.717) is 18.6 Å². The fourth-order valence-electron chi connectivity index (χ4n) is 1.62. The van der Waals surface area contributed by atoms with Gasteiger partial charge in [-0.3, -0.25) is 4.79 Å². The lowest BCUT2D eigenvalue weighted by Gasteiger charge is -2.14. The number of carboxylic acids is 1. The number of rotatable bonds is 6. The lowest BCUT2D eigenvalue weighted by Crippen LogP contribution is -2.13. The number of nitrogens with one attached hydrogen (secondary N) is 1. The van der Waals surface area contributed by atoms with E-state index in [4.69, 9.17) is 14.6 Å². The number of hydrogen-bond acceptors (Lipinski definition) is 4. The Labute approximate surface area is 111 Å².